The van der Waals surface area contributed by atoms with Crippen LogP contribution in [0.3, 0.4) is 0 Å². The van der Waals surface area contributed by atoms with Gasteiger partial charge in [-0.15, -0.1) is 0 Å². The number of sulfonamides is 1. The average molecular weight is 261 g/mol. The van der Waals surface area contributed by atoms with E-state index >= 15 is 0 Å². The molecule has 0 spiro atoms. The maximum absolute atomic E-state index is 11.7. The van der Waals surface area contributed by atoms with E-state index in [2.05, 4.69) is 10.6 Å². The Morgan fingerprint density at radius 2 is 2.24 bits per heavy atom. The molecule has 2 rings (SSSR count). The zero-order valence-electron chi connectivity index (χ0n) is 9.81. The molecule has 7 heteroatoms. The van der Waals surface area contributed by atoms with Gasteiger partial charge in [-0.25, -0.2) is 8.42 Å². The topological polar surface area (TPSA) is 78.5 Å². The van der Waals surface area contributed by atoms with Gasteiger partial charge < -0.3 is 10.6 Å². The maximum Gasteiger partial charge on any atom is 0.235 e. The lowest BCUT2D eigenvalue weighted by Gasteiger charge is -2.24. The smallest absolute Gasteiger partial charge is 0.235 e. The summed E-state index contributed by atoms with van der Waals surface area (Å²) in [6.45, 7) is 2.21. The van der Waals surface area contributed by atoms with Gasteiger partial charge in [0.15, 0.2) is 0 Å². The van der Waals surface area contributed by atoms with Gasteiger partial charge in [-0.2, -0.15) is 4.31 Å². The first kappa shape index (κ1) is 12.8. The second kappa shape index (κ2) is 5.32. The average Bonchev–Trinajstić information content (AvgIpc) is 2.59. The van der Waals surface area contributed by atoms with Crippen LogP contribution in [0.5, 0.6) is 0 Å². The second-order valence-electron chi connectivity index (χ2n) is 4.61. The van der Waals surface area contributed by atoms with Crippen molar-refractivity contribution in [2.75, 3.05) is 31.9 Å². The first-order valence-corrected chi connectivity index (χ1v) is 7.67. The fraction of sp³-hybridized carbons (Fsp3) is 0.900. The maximum atomic E-state index is 11.7. The highest BCUT2D eigenvalue weighted by atomic mass is 32.2. The predicted octanol–water partition coefficient (Wildman–Crippen LogP) is -1.11. The molecule has 2 saturated heterocycles. The molecule has 2 aliphatic rings. The summed E-state index contributed by atoms with van der Waals surface area (Å²) in [6, 6.07) is 0.140. The second-order valence-corrected chi connectivity index (χ2v) is 6.70. The lowest BCUT2D eigenvalue weighted by molar-refractivity contribution is -0.122. The van der Waals surface area contributed by atoms with Gasteiger partial charge in [0.25, 0.3) is 0 Å². The third kappa shape index (κ3) is 3.40. The van der Waals surface area contributed by atoms with Gasteiger partial charge in [-0.3, -0.25) is 4.79 Å². The molecule has 0 saturated carbocycles. The number of nitrogens with one attached hydrogen (secondary N) is 2. The fourth-order valence-electron chi connectivity index (χ4n) is 2.28. The van der Waals surface area contributed by atoms with Crippen LogP contribution in [0.1, 0.15) is 19.3 Å². The lowest BCUT2D eigenvalue weighted by atomic mass is 10.1. The van der Waals surface area contributed by atoms with E-state index in [-0.39, 0.29) is 24.2 Å². The molecule has 0 aliphatic carbocycles. The molecule has 6 nitrogen and oxygen atoms in total. The number of amides is 1. The van der Waals surface area contributed by atoms with Crippen LogP contribution in [0, 0.1) is 0 Å². The standard InChI is InChI=1S/C10H19N3O3S/c14-10(12-9-3-1-4-11-7-9)8-13-5-2-6-17(13,15)16/h9,11H,1-8H2,(H,12,14). The van der Waals surface area contributed by atoms with Crippen LogP contribution >= 0.6 is 0 Å². The first-order chi connectivity index (χ1) is 8.08. The molecule has 2 N–H and O–H groups in total. The number of piperidine rings is 1. The van der Waals surface area contributed by atoms with E-state index in [1.807, 2.05) is 0 Å². The largest absolute Gasteiger partial charge is 0.351 e. The minimum Gasteiger partial charge on any atom is -0.351 e. The van der Waals surface area contributed by atoms with Crippen molar-refractivity contribution in [2.24, 2.45) is 0 Å². The van der Waals surface area contributed by atoms with Gasteiger partial charge >= 0.3 is 0 Å². The van der Waals surface area contributed by atoms with Crippen LogP contribution in [0.25, 0.3) is 0 Å². The Kier molecular flexibility index (Phi) is 4.01. The van der Waals surface area contributed by atoms with E-state index < -0.39 is 10.0 Å². The zero-order valence-corrected chi connectivity index (χ0v) is 10.6. The number of hydrogen-bond acceptors (Lipinski definition) is 4. The van der Waals surface area contributed by atoms with Crippen molar-refractivity contribution in [3.8, 4) is 0 Å². The number of nitrogens with zero attached hydrogens (tertiary/aromatic N) is 1. The molecule has 0 aromatic carbocycles. The Hall–Kier alpha value is -0.660. The number of carbonyl (C=O) groups is 1. The molecule has 1 unspecified atom stereocenters. The fourth-order valence-corrected chi connectivity index (χ4v) is 3.75. The Morgan fingerprint density at radius 3 is 2.82 bits per heavy atom. The van der Waals surface area contributed by atoms with Crippen molar-refractivity contribution in [1.82, 2.24) is 14.9 Å². The molecule has 2 fully saturated rings. The number of carbonyl (C=O) groups excluding carboxylic acids is 1. The molecular formula is C10H19N3O3S. The van der Waals surface area contributed by atoms with Crippen molar-refractivity contribution in [2.45, 2.75) is 25.3 Å². The van der Waals surface area contributed by atoms with Gasteiger partial charge in [0.05, 0.1) is 12.3 Å². The molecule has 2 aliphatic heterocycles. The summed E-state index contributed by atoms with van der Waals surface area (Å²) in [4.78, 5) is 11.7. The number of hydrogen-bond donors (Lipinski definition) is 2. The number of rotatable bonds is 3. The van der Waals surface area contributed by atoms with Crippen molar-refractivity contribution < 1.29 is 13.2 Å². The Morgan fingerprint density at radius 1 is 1.41 bits per heavy atom. The molecule has 0 bridgehead atoms. The van der Waals surface area contributed by atoms with Gasteiger partial charge in [0, 0.05) is 19.1 Å². The molecule has 0 aromatic rings. The molecule has 17 heavy (non-hydrogen) atoms. The Bertz CT molecular complexity index is 376. The highest BCUT2D eigenvalue weighted by Crippen LogP contribution is 2.12. The van der Waals surface area contributed by atoms with Gasteiger partial charge in [-0.05, 0) is 25.8 Å². The molecule has 2 heterocycles. The molecule has 1 atom stereocenters. The third-order valence-corrected chi connectivity index (χ3v) is 5.09. The zero-order chi connectivity index (χ0) is 12.3. The summed E-state index contributed by atoms with van der Waals surface area (Å²) in [5.41, 5.74) is 0. The van der Waals surface area contributed by atoms with Crippen molar-refractivity contribution in [3.05, 3.63) is 0 Å². The summed E-state index contributed by atoms with van der Waals surface area (Å²) >= 11 is 0. The van der Waals surface area contributed by atoms with Crippen LogP contribution in [-0.2, 0) is 14.8 Å². The van der Waals surface area contributed by atoms with Crippen molar-refractivity contribution >= 4 is 15.9 Å². The van der Waals surface area contributed by atoms with E-state index in [1.54, 1.807) is 0 Å². The molecule has 0 aromatic heterocycles. The quantitative estimate of drug-likeness (QED) is 0.675. The van der Waals surface area contributed by atoms with Crippen LogP contribution in [-0.4, -0.2) is 56.6 Å². The Labute approximate surface area is 102 Å². The summed E-state index contributed by atoms with van der Waals surface area (Å²) < 4.78 is 24.3. The van der Waals surface area contributed by atoms with E-state index in [1.165, 1.54) is 4.31 Å². The monoisotopic (exact) mass is 261 g/mol. The summed E-state index contributed by atoms with van der Waals surface area (Å²) in [6.07, 6.45) is 2.64. The highest BCUT2D eigenvalue weighted by Gasteiger charge is 2.30. The normalized spacial score (nSPS) is 29.1. The van der Waals surface area contributed by atoms with Gasteiger partial charge in [-0.1, -0.05) is 0 Å². The van der Waals surface area contributed by atoms with E-state index in [9.17, 15) is 13.2 Å². The molecular weight excluding hydrogens is 242 g/mol. The van der Waals surface area contributed by atoms with E-state index in [0.717, 1.165) is 25.9 Å². The summed E-state index contributed by atoms with van der Waals surface area (Å²) in [5.74, 6) is -0.0187. The minimum absolute atomic E-state index is 0.0289. The van der Waals surface area contributed by atoms with Crippen molar-refractivity contribution in [1.29, 1.82) is 0 Å². The molecule has 1 amide bonds. The van der Waals surface area contributed by atoms with Gasteiger partial charge in [0.2, 0.25) is 15.9 Å². The van der Waals surface area contributed by atoms with E-state index in [4.69, 9.17) is 0 Å². The Balaban J connectivity index is 1.80. The molecule has 98 valence electrons. The summed E-state index contributed by atoms with van der Waals surface area (Å²) in [5, 5.41) is 6.08. The lowest BCUT2D eigenvalue weighted by Crippen LogP contribution is -2.48. The minimum atomic E-state index is -3.17. The predicted molar refractivity (Wildman–Crippen MR) is 64.0 cm³/mol. The van der Waals surface area contributed by atoms with Crippen molar-refractivity contribution in [3.63, 3.8) is 0 Å². The van der Waals surface area contributed by atoms with E-state index in [0.29, 0.717) is 13.0 Å². The SMILES string of the molecule is O=C(CN1CCCS1(=O)=O)NC1CCCNC1. The summed E-state index contributed by atoms with van der Waals surface area (Å²) in [7, 11) is -3.17. The van der Waals surface area contributed by atoms with Crippen LogP contribution < -0.4 is 10.6 Å². The van der Waals surface area contributed by atoms with Crippen LogP contribution in [0.2, 0.25) is 0 Å². The third-order valence-electron chi connectivity index (χ3n) is 3.19. The van der Waals surface area contributed by atoms with Gasteiger partial charge in [0.1, 0.15) is 0 Å². The highest BCUT2D eigenvalue weighted by molar-refractivity contribution is 7.89. The molecule has 0 radical (unpaired) electrons. The van der Waals surface area contributed by atoms with Crippen LogP contribution in [0.15, 0.2) is 0 Å². The van der Waals surface area contributed by atoms with Crippen LogP contribution in [0.4, 0.5) is 0 Å². The first-order valence-electron chi connectivity index (χ1n) is 6.06.